The molecule has 1 fully saturated rings. The van der Waals surface area contributed by atoms with Crippen LogP contribution in [0.4, 0.5) is 11.4 Å². The molecule has 9 heteroatoms. The van der Waals surface area contributed by atoms with E-state index < -0.39 is 17.5 Å². The molecule has 0 saturated carbocycles. The van der Waals surface area contributed by atoms with Gasteiger partial charge in [-0.2, -0.15) is 0 Å². The van der Waals surface area contributed by atoms with Crippen LogP contribution in [0.3, 0.4) is 0 Å². The zero-order valence-corrected chi connectivity index (χ0v) is 18.6. The van der Waals surface area contributed by atoms with Gasteiger partial charge in [-0.15, -0.1) is 0 Å². The molecule has 9 nitrogen and oxygen atoms in total. The second-order valence-electron chi connectivity index (χ2n) is 8.14. The predicted molar refractivity (Wildman–Crippen MR) is 122 cm³/mol. The Balaban J connectivity index is 1.39. The maximum atomic E-state index is 13.2. The lowest BCUT2D eigenvalue weighted by Gasteiger charge is -2.48. The minimum atomic E-state index is -0.926. The molecule has 1 unspecified atom stereocenters. The maximum absolute atomic E-state index is 13.2. The van der Waals surface area contributed by atoms with Crippen LogP contribution >= 0.6 is 0 Å². The molecule has 0 aromatic heterocycles. The lowest BCUT2D eigenvalue weighted by molar-refractivity contribution is -0.126. The highest BCUT2D eigenvalue weighted by Crippen LogP contribution is 2.43. The van der Waals surface area contributed by atoms with Gasteiger partial charge in [0, 0.05) is 12.1 Å². The summed E-state index contributed by atoms with van der Waals surface area (Å²) in [5.74, 6) is -0.577. The first-order valence-corrected chi connectivity index (χ1v) is 10.9. The van der Waals surface area contributed by atoms with E-state index in [9.17, 15) is 19.2 Å². The number of para-hydroxylation sites is 1. The Kier molecular flexibility index (Phi) is 6.04. The smallest absolute Gasteiger partial charge is 0.258 e. The first-order chi connectivity index (χ1) is 15.8. The third-order valence-corrected chi connectivity index (χ3v) is 5.94. The zero-order valence-electron chi connectivity index (χ0n) is 18.6. The van der Waals surface area contributed by atoms with E-state index in [0.717, 1.165) is 0 Å². The number of fused-ring (bicyclic) bond motifs is 3. The summed E-state index contributed by atoms with van der Waals surface area (Å²) in [7, 11) is 0. The summed E-state index contributed by atoms with van der Waals surface area (Å²) < 4.78 is 5.37. The molecule has 0 spiro atoms. The third-order valence-electron chi connectivity index (χ3n) is 5.94. The fourth-order valence-corrected chi connectivity index (χ4v) is 4.33. The van der Waals surface area contributed by atoms with Crippen LogP contribution in [0.5, 0.6) is 5.75 Å². The molecule has 2 aliphatic heterocycles. The van der Waals surface area contributed by atoms with Gasteiger partial charge in [-0.25, -0.2) is 0 Å². The number of benzene rings is 2. The quantitative estimate of drug-likeness (QED) is 0.672. The fourth-order valence-electron chi connectivity index (χ4n) is 4.33. The van der Waals surface area contributed by atoms with Crippen molar-refractivity contribution in [2.45, 2.75) is 32.4 Å². The molecule has 33 heavy (non-hydrogen) atoms. The van der Waals surface area contributed by atoms with Gasteiger partial charge >= 0.3 is 0 Å². The van der Waals surface area contributed by atoms with Gasteiger partial charge < -0.3 is 20.3 Å². The van der Waals surface area contributed by atoms with Crippen LogP contribution in [0.1, 0.15) is 37.0 Å². The first kappa shape index (κ1) is 22.3. The number of hydrogen-bond acceptors (Lipinski definition) is 5. The SMILES string of the molecule is CCOc1ccc(NC(=O)CNC(=O)CN2C(=O)c3ccccc3N3C(=O)CCC23C)cc1. The zero-order chi connectivity index (χ0) is 23.6. The van der Waals surface area contributed by atoms with E-state index >= 15 is 0 Å². The molecule has 172 valence electrons. The van der Waals surface area contributed by atoms with Gasteiger partial charge in [0.2, 0.25) is 17.7 Å². The molecule has 2 aromatic carbocycles. The highest BCUT2D eigenvalue weighted by atomic mass is 16.5. The van der Waals surface area contributed by atoms with Crippen molar-refractivity contribution in [3.8, 4) is 5.75 Å². The van der Waals surface area contributed by atoms with Gasteiger partial charge in [-0.05, 0) is 56.7 Å². The number of ether oxygens (including phenoxy) is 1. The molecule has 1 saturated heterocycles. The normalized spacial score (nSPS) is 19.1. The van der Waals surface area contributed by atoms with Crippen molar-refractivity contribution in [1.82, 2.24) is 10.2 Å². The van der Waals surface area contributed by atoms with E-state index in [4.69, 9.17) is 4.74 Å². The third kappa shape index (κ3) is 4.26. The molecule has 0 radical (unpaired) electrons. The maximum Gasteiger partial charge on any atom is 0.258 e. The van der Waals surface area contributed by atoms with Crippen molar-refractivity contribution in [2.24, 2.45) is 0 Å². The second kappa shape index (κ2) is 8.93. The number of anilines is 2. The Morgan fingerprint density at radius 1 is 1.06 bits per heavy atom. The van der Waals surface area contributed by atoms with Crippen LogP contribution in [0.25, 0.3) is 0 Å². The van der Waals surface area contributed by atoms with E-state index in [1.807, 2.05) is 6.92 Å². The van der Waals surface area contributed by atoms with E-state index in [-0.39, 0.29) is 24.9 Å². The molecule has 1 atom stereocenters. The standard InChI is InChI=1S/C24H26N4O5/c1-3-33-17-10-8-16(9-11-17)26-20(29)14-25-21(30)15-27-23(32)18-6-4-5-7-19(18)28-22(31)12-13-24(27,28)2/h4-11H,3,12-15H2,1-2H3,(H,25,30)(H,26,29). The topological polar surface area (TPSA) is 108 Å². The highest BCUT2D eigenvalue weighted by molar-refractivity contribution is 6.11. The number of nitrogens with zero attached hydrogens (tertiary/aromatic N) is 2. The van der Waals surface area contributed by atoms with Crippen molar-refractivity contribution in [3.63, 3.8) is 0 Å². The highest BCUT2D eigenvalue weighted by Gasteiger charge is 2.53. The average Bonchev–Trinajstić information content (AvgIpc) is 3.12. The second-order valence-corrected chi connectivity index (χ2v) is 8.14. The molecule has 2 heterocycles. The minimum Gasteiger partial charge on any atom is -0.494 e. The predicted octanol–water partition coefficient (Wildman–Crippen LogP) is 2.14. The monoisotopic (exact) mass is 450 g/mol. The van der Waals surface area contributed by atoms with Gasteiger partial charge in [0.1, 0.15) is 18.0 Å². The molecule has 0 aliphatic carbocycles. The van der Waals surface area contributed by atoms with Crippen LogP contribution in [0.2, 0.25) is 0 Å². The summed E-state index contributed by atoms with van der Waals surface area (Å²) in [6.45, 7) is 3.72. The van der Waals surface area contributed by atoms with Crippen molar-refractivity contribution < 1.29 is 23.9 Å². The summed E-state index contributed by atoms with van der Waals surface area (Å²) in [6.07, 6.45) is 0.720. The van der Waals surface area contributed by atoms with Crippen molar-refractivity contribution in [3.05, 3.63) is 54.1 Å². The molecule has 2 N–H and O–H groups in total. The van der Waals surface area contributed by atoms with Crippen molar-refractivity contribution in [2.75, 3.05) is 29.9 Å². The van der Waals surface area contributed by atoms with Crippen LogP contribution in [0.15, 0.2) is 48.5 Å². The van der Waals surface area contributed by atoms with Crippen LogP contribution < -0.4 is 20.3 Å². The lowest BCUT2D eigenvalue weighted by Crippen LogP contribution is -2.64. The molecule has 4 amide bonds. The minimum absolute atomic E-state index is 0.0856. The molecule has 4 rings (SSSR count). The van der Waals surface area contributed by atoms with Crippen LogP contribution in [-0.4, -0.2) is 53.9 Å². The van der Waals surface area contributed by atoms with E-state index in [1.165, 1.54) is 4.90 Å². The summed E-state index contributed by atoms with van der Waals surface area (Å²) in [4.78, 5) is 53.7. The molecular formula is C24H26N4O5. The Morgan fingerprint density at radius 2 is 1.79 bits per heavy atom. The van der Waals surface area contributed by atoms with Gasteiger partial charge in [0.15, 0.2) is 0 Å². The Bertz CT molecular complexity index is 1100. The number of carbonyl (C=O) groups excluding carboxylic acids is 4. The van der Waals surface area contributed by atoms with Crippen LogP contribution in [-0.2, 0) is 14.4 Å². The van der Waals surface area contributed by atoms with Gasteiger partial charge in [0.05, 0.1) is 24.4 Å². The van der Waals surface area contributed by atoms with E-state index in [1.54, 1.807) is 60.4 Å². The number of hydrogen-bond donors (Lipinski definition) is 2. The first-order valence-electron chi connectivity index (χ1n) is 10.9. The summed E-state index contributed by atoms with van der Waals surface area (Å²) in [5, 5.41) is 5.26. The Morgan fingerprint density at radius 3 is 2.52 bits per heavy atom. The summed E-state index contributed by atoms with van der Waals surface area (Å²) >= 11 is 0. The number of carbonyl (C=O) groups is 4. The average molecular weight is 450 g/mol. The Hall–Kier alpha value is -3.88. The van der Waals surface area contributed by atoms with E-state index in [0.29, 0.717) is 42.1 Å². The number of rotatable bonds is 7. The van der Waals surface area contributed by atoms with Gasteiger partial charge in [0.25, 0.3) is 5.91 Å². The Labute approximate surface area is 191 Å². The van der Waals surface area contributed by atoms with Crippen LogP contribution in [0, 0.1) is 0 Å². The van der Waals surface area contributed by atoms with Crippen molar-refractivity contribution >= 4 is 35.0 Å². The van der Waals surface area contributed by atoms with Crippen molar-refractivity contribution in [1.29, 1.82) is 0 Å². The number of nitrogens with one attached hydrogen (secondary N) is 2. The molecule has 2 aliphatic rings. The fraction of sp³-hybridized carbons (Fsp3) is 0.333. The molecular weight excluding hydrogens is 424 g/mol. The molecule has 2 aromatic rings. The number of amides is 4. The summed E-state index contributed by atoms with van der Waals surface area (Å²) in [5.41, 5.74) is 0.600. The van der Waals surface area contributed by atoms with E-state index in [2.05, 4.69) is 10.6 Å². The lowest BCUT2D eigenvalue weighted by atomic mass is 9.98. The van der Waals surface area contributed by atoms with Gasteiger partial charge in [-0.1, -0.05) is 12.1 Å². The summed E-state index contributed by atoms with van der Waals surface area (Å²) in [6, 6.07) is 13.8. The molecule has 0 bridgehead atoms. The largest absolute Gasteiger partial charge is 0.494 e. The van der Waals surface area contributed by atoms with Gasteiger partial charge in [-0.3, -0.25) is 24.1 Å².